The maximum Gasteiger partial charge on any atom is 0.133 e. The number of rotatable bonds is 4. The smallest absolute Gasteiger partial charge is 0.133 e. The van der Waals surface area contributed by atoms with Gasteiger partial charge in [0.2, 0.25) is 0 Å². The van der Waals surface area contributed by atoms with Crippen molar-refractivity contribution in [1.29, 1.82) is 0 Å². The number of benzene rings is 2. The van der Waals surface area contributed by atoms with Gasteiger partial charge < -0.3 is 14.9 Å². The highest BCUT2D eigenvalue weighted by Gasteiger charge is 2.32. The summed E-state index contributed by atoms with van der Waals surface area (Å²) in [4.78, 5) is 0. The second kappa shape index (κ2) is 5.66. The zero-order valence-electron chi connectivity index (χ0n) is 12.4. The fourth-order valence-corrected chi connectivity index (χ4v) is 3.13. The van der Waals surface area contributed by atoms with Crippen LogP contribution in [0.3, 0.4) is 0 Å². The minimum Gasteiger partial charge on any atom is -0.490 e. The molecule has 112 valence electrons. The van der Waals surface area contributed by atoms with Gasteiger partial charge >= 0.3 is 0 Å². The lowest BCUT2D eigenvalue weighted by molar-refractivity contribution is 0.000981. The predicted molar refractivity (Wildman–Crippen MR) is 83.5 cm³/mol. The first-order valence-electron chi connectivity index (χ1n) is 7.64. The van der Waals surface area contributed by atoms with E-state index in [4.69, 9.17) is 4.74 Å². The number of aliphatic hydroxyl groups is 2. The maximum absolute atomic E-state index is 10.5. The van der Waals surface area contributed by atoms with E-state index in [0.29, 0.717) is 12.4 Å². The van der Waals surface area contributed by atoms with Crippen LogP contribution >= 0.6 is 0 Å². The molecule has 0 aromatic heterocycles. The largest absolute Gasteiger partial charge is 0.490 e. The van der Waals surface area contributed by atoms with Crippen LogP contribution in [0.4, 0.5) is 0 Å². The van der Waals surface area contributed by atoms with Crippen molar-refractivity contribution in [2.45, 2.75) is 44.3 Å². The quantitative estimate of drug-likeness (QED) is 0.903. The Kier molecular flexibility index (Phi) is 3.87. The summed E-state index contributed by atoms with van der Waals surface area (Å²) in [5.41, 5.74) is 0.0581. The topological polar surface area (TPSA) is 49.7 Å². The minimum atomic E-state index is -0.715. The molecule has 2 N–H and O–H groups in total. The molecule has 0 radical (unpaired) electrons. The van der Waals surface area contributed by atoms with Crippen molar-refractivity contribution in [3.05, 3.63) is 42.0 Å². The molecule has 0 amide bonds. The first kappa shape index (κ1) is 14.4. The molecule has 3 nitrogen and oxygen atoms in total. The normalized spacial score (nSPS) is 18.8. The molecular weight excluding hydrogens is 264 g/mol. The Bertz CT molecular complexity index is 627. The summed E-state index contributed by atoms with van der Waals surface area (Å²) in [5.74, 6) is 0.698. The summed E-state index contributed by atoms with van der Waals surface area (Å²) in [7, 11) is 0. The van der Waals surface area contributed by atoms with E-state index in [9.17, 15) is 10.2 Å². The minimum absolute atomic E-state index is 0.292. The Morgan fingerprint density at radius 3 is 2.57 bits per heavy atom. The van der Waals surface area contributed by atoms with Gasteiger partial charge in [0, 0.05) is 10.9 Å². The van der Waals surface area contributed by atoms with Crippen molar-refractivity contribution in [3.63, 3.8) is 0 Å². The molecule has 3 heteroatoms. The number of ether oxygens (including phenoxy) is 1. The van der Waals surface area contributed by atoms with E-state index in [-0.39, 0.29) is 0 Å². The molecule has 0 bridgehead atoms. The van der Waals surface area contributed by atoms with E-state index in [1.807, 2.05) is 36.4 Å². The third kappa shape index (κ3) is 2.89. The fourth-order valence-electron chi connectivity index (χ4n) is 3.13. The molecule has 1 aliphatic carbocycles. The number of aliphatic hydroxyl groups excluding tert-OH is 1. The molecule has 2 aromatic rings. The summed E-state index contributed by atoms with van der Waals surface area (Å²) < 4.78 is 5.99. The monoisotopic (exact) mass is 286 g/mol. The van der Waals surface area contributed by atoms with Gasteiger partial charge in [0.15, 0.2) is 0 Å². The van der Waals surface area contributed by atoms with E-state index in [2.05, 4.69) is 0 Å². The number of hydrogen-bond donors (Lipinski definition) is 2. The van der Waals surface area contributed by atoms with Crippen LogP contribution in [0.5, 0.6) is 5.75 Å². The molecular formula is C18H22O3. The zero-order valence-corrected chi connectivity index (χ0v) is 12.4. The van der Waals surface area contributed by atoms with Crippen LogP contribution in [0.15, 0.2) is 36.4 Å². The standard InChI is InChI=1S/C18H22O3/c1-13(19)15-9-8-14-6-2-3-7-16(14)17(15)21-12-18(20)10-4-5-11-18/h2-3,6-9,13,19-20H,4-5,10-12H2,1H3. The van der Waals surface area contributed by atoms with Crippen LogP contribution in [0.2, 0.25) is 0 Å². The summed E-state index contributed by atoms with van der Waals surface area (Å²) in [6, 6.07) is 11.9. The molecule has 21 heavy (non-hydrogen) atoms. The zero-order chi connectivity index (χ0) is 14.9. The average molecular weight is 286 g/mol. The van der Waals surface area contributed by atoms with Crippen LogP contribution in [0.1, 0.15) is 44.3 Å². The highest BCUT2D eigenvalue weighted by atomic mass is 16.5. The van der Waals surface area contributed by atoms with E-state index in [1.165, 1.54) is 0 Å². The van der Waals surface area contributed by atoms with Gasteiger partial charge in [-0.15, -0.1) is 0 Å². The third-order valence-corrected chi connectivity index (χ3v) is 4.38. The van der Waals surface area contributed by atoms with Crippen molar-refractivity contribution >= 4 is 10.8 Å². The van der Waals surface area contributed by atoms with Crippen LogP contribution in [-0.4, -0.2) is 22.4 Å². The van der Waals surface area contributed by atoms with Crippen LogP contribution in [0.25, 0.3) is 10.8 Å². The van der Waals surface area contributed by atoms with E-state index < -0.39 is 11.7 Å². The summed E-state index contributed by atoms with van der Waals surface area (Å²) in [6.45, 7) is 2.03. The van der Waals surface area contributed by atoms with E-state index >= 15 is 0 Å². The first-order valence-corrected chi connectivity index (χ1v) is 7.64. The maximum atomic E-state index is 10.5. The molecule has 0 saturated heterocycles. The van der Waals surface area contributed by atoms with Crippen molar-refractivity contribution < 1.29 is 14.9 Å². The van der Waals surface area contributed by atoms with Gasteiger partial charge in [-0.25, -0.2) is 0 Å². The summed E-state index contributed by atoms with van der Waals surface area (Å²) in [6.07, 6.45) is 3.10. The van der Waals surface area contributed by atoms with Crippen LogP contribution < -0.4 is 4.74 Å². The molecule has 1 saturated carbocycles. The Labute approximate surface area is 125 Å². The lowest BCUT2D eigenvalue weighted by Crippen LogP contribution is -2.32. The second-order valence-electron chi connectivity index (χ2n) is 6.10. The Morgan fingerprint density at radius 2 is 1.86 bits per heavy atom. The van der Waals surface area contributed by atoms with E-state index in [0.717, 1.165) is 42.0 Å². The van der Waals surface area contributed by atoms with Gasteiger partial charge in [-0.1, -0.05) is 49.2 Å². The Hall–Kier alpha value is -1.58. The van der Waals surface area contributed by atoms with Crippen molar-refractivity contribution in [2.24, 2.45) is 0 Å². The van der Waals surface area contributed by atoms with Crippen LogP contribution in [0, 0.1) is 0 Å². The summed E-state index contributed by atoms with van der Waals surface area (Å²) >= 11 is 0. The van der Waals surface area contributed by atoms with Gasteiger partial charge in [0.25, 0.3) is 0 Å². The van der Waals surface area contributed by atoms with Gasteiger partial charge in [-0.05, 0) is 25.2 Å². The van der Waals surface area contributed by atoms with Gasteiger partial charge in [0.1, 0.15) is 12.4 Å². The molecule has 0 heterocycles. The molecule has 0 aliphatic heterocycles. The van der Waals surface area contributed by atoms with Gasteiger partial charge in [0.05, 0.1) is 11.7 Å². The highest BCUT2D eigenvalue weighted by molar-refractivity contribution is 5.89. The van der Waals surface area contributed by atoms with Gasteiger partial charge in [-0.2, -0.15) is 0 Å². The molecule has 1 fully saturated rings. The number of hydrogen-bond acceptors (Lipinski definition) is 3. The molecule has 3 rings (SSSR count). The average Bonchev–Trinajstić information content (AvgIpc) is 2.91. The lowest BCUT2D eigenvalue weighted by atomic mass is 10.0. The lowest BCUT2D eigenvalue weighted by Gasteiger charge is -2.24. The predicted octanol–water partition coefficient (Wildman–Crippen LogP) is 3.58. The molecule has 1 atom stereocenters. The number of fused-ring (bicyclic) bond motifs is 1. The van der Waals surface area contributed by atoms with Crippen molar-refractivity contribution in [1.82, 2.24) is 0 Å². The van der Waals surface area contributed by atoms with Gasteiger partial charge in [-0.3, -0.25) is 0 Å². The molecule has 1 unspecified atom stereocenters. The van der Waals surface area contributed by atoms with E-state index in [1.54, 1.807) is 6.92 Å². The second-order valence-corrected chi connectivity index (χ2v) is 6.10. The Morgan fingerprint density at radius 1 is 1.14 bits per heavy atom. The first-order chi connectivity index (χ1) is 10.1. The van der Waals surface area contributed by atoms with Crippen molar-refractivity contribution in [3.8, 4) is 5.75 Å². The third-order valence-electron chi connectivity index (χ3n) is 4.38. The molecule has 2 aromatic carbocycles. The van der Waals surface area contributed by atoms with Crippen LogP contribution in [-0.2, 0) is 0 Å². The summed E-state index contributed by atoms with van der Waals surface area (Å²) in [5, 5.41) is 22.5. The van der Waals surface area contributed by atoms with Crippen molar-refractivity contribution in [2.75, 3.05) is 6.61 Å². The molecule has 0 spiro atoms. The SMILES string of the molecule is CC(O)c1ccc2ccccc2c1OCC1(O)CCCC1. The highest BCUT2D eigenvalue weighted by Crippen LogP contribution is 2.36. The molecule has 1 aliphatic rings. The fraction of sp³-hybridized carbons (Fsp3) is 0.444. The Balaban J connectivity index is 1.96.